The molecule has 2 N–H and O–H groups in total. The summed E-state index contributed by atoms with van der Waals surface area (Å²) in [5.41, 5.74) is 3.61. The van der Waals surface area contributed by atoms with Crippen LogP contribution in [0.15, 0.2) is 16.5 Å². The van der Waals surface area contributed by atoms with Crippen LogP contribution in [0.5, 0.6) is 0 Å². The molecule has 0 radical (unpaired) electrons. The van der Waals surface area contributed by atoms with E-state index in [9.17, 15) is 4.79 Å². The van der Waals surface area contributed by atoms with Crippen LogP contribution in [0.2, 0.25) is 0 Å². The monoisotopic (exact) mass is 372 g/mol. The second-order valence-corrected chi connectivity index (χ2v) is 5.10. The molecule has 0 saturated carbocycles. The van der Waals surface area contributed by atoms with E-state index in [1.807, 2.05) is 17.0 Å². The number of hydrogen-bond donors (Lipinski definition) is 2. The zero-order valence-electron chi connectivity index (χ0n) is 11.6. The average Bonchev–Trinajstić information content (AvgIpc) is 2.66. The minimum absolute atomic E-state index is 0. The number of nitrogens with zero attached hydrogens (tertiary/aromatic N) is 2. The number of aliphatic hydroxyl groups is 1. The minimum Gasteiger partial charge on any atom is -1.00 e. The van der Waals surface area contributed by atoms with Gasteiger partial charge in [-0.05, 0) is 6.92 Å². The van der Waals surface area contributed by atoms with E-state index in [1.54, 1.807) is 24.5 Å². The van der Waals surface area contributed by atoms with Crippen molar-refractivity contribution in [1.29, 1.82) is 0 Å². The molecule has 0 bridgehead atoms. The molecule has 0 aliphatic carbocycles. The van der Waals surface area contributed by atoms with Gasteiger partial charge in [0.1, 0.15) is 11.4 Å². The molecule has 0 aromatic carbocycles. The fraction of sp³-hybridized carbons (Fsp3) is 0.417. The lowest BCUT2D eigenvalue weighted by Crippen LogP contribution is -3.00. The molecule has 0 atom stereocenters. The average molecular weight is 374 g/mol. The Kier molecular flexibility index (Phi) is 10.9. The van der Waals surface area contributed by atoms with Crippen molar-refractivity contribution in [2.75, 3.05) is 6.61 Å². The van der Waals surface area contributed by atoms with Crippen molar-refractivity contribution >= 4 is 23.7 Å². The summed E-state index contributed by atoms with van der Waals surface area (Å²) >= 11 is 1.60. The molecular formula is C12H17Cl3N3O2S-. The van der Waals surface area contributed by atoms with Crippen molar-refractivity contribution in [1.82, 2.24) is 9.97 Å². The van der Waals surface area contributed by atoms with E-state index in [-0.39, 0.29) is 49.4 Å². The number of thiazole rings is 1. The van der Waals surface area contributed by atoms with Crippen LogP contribution in [0.1, 0.15) is 22.0 Å². The largest absolute Gasteiger partial charge is 1.00 e. The first-order valence-corrected chi connectivity index (χ1v) is 6.62. The first-order valence-electron chi connectivity index (χ1n) is 5.74. The molecule has 21 heavy (non-hydrogen) atoms. The molecule has 9 heteroatoms. The Balaban J connectivity index is 0. The third kappa shape index (κ3) is 5.56. The van der Waals surface area contributed by atoms with Crippen LogP contribution in [0.3, 0.4) is 0 Å². The lowest BCUT2D eigenvalue weighted by molar-refractivity contribution is -0.689. The van der Waals surface area contributed by atoms with Gasteiger partial charge in [0.15, 0.2) is 12.2 Å². The number of nitrogens with one attached hydrogen (secondary N) is 1. The summed E-state index contributed by atoms with van der Waals surface area (Å²) in [7, 11) is 0. The Labute approximate surface area is 145 Å². The van der Waals surface area contributed by atoms with Crippen LogP contribution in [0.4, 0.5) is 0 Å². The molecule has 2 aromatic heterocycles. The van der Waals surface area contributed by atoms with E-state index in [0.717, 1.165) is 10.6 Å². The molecular weight excluding hydrogens is 357 g/mol. The maximum Gasteiger partial charge on any atom is 0.260 e. The summed E-state index contributed by atoms with van der Waals surface area (Å²) in [5, 5.41) is 8.95. The van der Waals surface area contributed by atoms with E-state index in [2.05, 4.69) is 9.97 Å². The Morgan fingerprint density at radius 3 is 2.62 bits per heavy atom. The highest BCUT2D eigenvalue weighted by Crippen LogP contribution is 2.11. The fourth-order valence-electron chi connectivity index (χ4n) is 1.76. The minimum atomic E-state index is -0.0932. The number of H-pyrrole nitrogens is 1. The van der Waals surface area contributed by atoms with Crippen LogP contribution >= 0.6 is 23.7 Å². The van der Waals surface area contributed by atoms with Gasteiger partial charge in [-0.25, -0.2) is 4.98 Å². The Hall–Kier alpha value is -0.660. The van der Waals surface area contributed by atoms with Gasteiger partial charge in [-0.2, -0.15) is 4.57 Å². The Bertz CT molecular complexity index is 616. The summed E-state index contributed by atoms with van der Waals surface area (Å²) in [6, 6.07) is 0. The molecule has 5 nitrogen and oxygen atoms in total. The molecule has 0 unspecified atom stereocenters. The number of aryl methyl sites for hydroxylation is 1. The summed E-state index contributed by atoms with van der Waals surface area (Å²) in [4.78, 5) is 19.7. The summed E-state index contributed by atoms with van der Waals surface area (Å²) in [6.45, 7) is 4.41. The zero-order chi connectivity index (χ0) is 13.1. The molecule has 0 saturated heterocycles. The summed E-state index contributed by atoms with van der Waals surface area (Å²) in [6.07, 6.45) is 2.27. The van der Waals surface area contributed by atoms with Gasteiger partial charge in [0.25, 0.3) is 5.56 Å². The molecule has 2 rings (SSSR count). The number of rotatable bonds is 4. The number of aromatic nitrogens is 3. The number of hydrogen-bond acceptors (Lipinski definition) is 4. The van der Waals surface area contributed by atoms with E-state index in [4.69, 9.17) is 5.11 Å². The smallest absolute Gasteiger partial charge is 0.260 e. The maximum atomic E-state index is 11.7. The van der Waals surface area contributed by atoms with E-state index in [1.165, 1.54) is 0 Å². The van der Waals surface area contributed by atoms with Crippen LogP contribution in [-0.2, 0) is 13.0 Å². The predicted molar refractivity (Wildman–Crippen MR) is 76.0 cm³/mol. The highest BCUT2D eigenvalue weighted by molar-refractivity contribution is 7.09. The lowest BCUT2D eigenvalue weighted by atomic mass is 10.3. The van der Waals surface area contributed by atoms with Crippen molar-refractivity contribution < 1.29 is 34.5 Å². The van der Waals surface area contributed by atoms with Gasteiger partial charge in [-0.15, -0.1) is 12.4 Å². The molecule has 2 aromatic rings. The standard InChI is InChI=1S/C12H15N3O2S.3ClH/c1-8-11(3-4-16)18-7-15(8)6-10-5-13-9(2)14-12(10)17;;;/h5,7,16H,3-4,6H2,1-2H3;3*1H/p-1. The van der Waals surface area contributed by atoms with Crippen molar-refractivity contribution in [2.24, 2.45) is 0 Å². The lowest BCUT2D eigenvalue weighted by Gasteiger charge is -1.97. The number of halogens is 3. The van der Waals surface area contributed by atoms with Gasteiger partial charge in [0.05, 0.1) is 4.88 Å². The van der Waals surface area contributed by atoms with E-state index in [0.29, 0.717) is 24.4 Å². The van der Waals surface area contributed by atoms with Crippen molar-refractivity contribution in [3.8, 4) is 0 Å². The third-order valence-corrected chi connectivity index (χ3v) is 3.98. The molecule has 0 amide bonds. The molecule has 2 heterocycles. The Morgan fingerprint density at radius 1 is 1.38 bits per heavy atom. The van der Waals surface area contributed by atoms with Crippen molar-refractivity contribution in [2.45, 2.75) is 26.8 Å². The van der Waals surface area contributed by atoms with Crippen LogP contribution in [0.25, 0.3) is 0 Å². The summed E-state index contributed by atoms with van der Waals surface area (Å²) in [5.74, 6) is 0.622. The second-order valence-electron chi connectivity index (χ2n) is 4.16. The van der Waals surface area contributed by atoms with Gasteiger partial charge in [-0.1, -0.05) is 11.3 Å². The number of aliphatic hydroxyl groups excluding tert-OH is 1. The molecule has 120 valence electrons. The van der Waals surface area contributed by atoms with E-state index < -0.39 is 0 Å². The summed E-state index contributed by atoms with van der Waals surface area (Å²) < 4.78 is 2.01. The van der Waals surface area contributed by atoms with Crippen LogP contribution in [0, 0.1) is 13.8 Å². The third-order valence-electron chi connectivity index (χ3n) is 2.84. The first kappa shape index (κ1) is 22.6. The molecule has 0 aliphatic rings. The first-order chi connectivity index (χ1) is 8.61. The van der Waals surface area contributed by atoms with Gasteiger partial charge < -0.3 is 34.9 Å². The zero-order valence-corrected chi connectivity index (χ0v) is 14.7. The Morgan fingerprint density at radius 2 is 2.05 bits per heavy atom. The number of aromatic amines is 1. The fourth-order valence-corrected chi connectivity index (χ4v) is 2.74. The maximum absolute atomic E-state index is 11.7. The van der Waals surface area contributed by atoms with Crippen molar-refractivity contribution in [3.05, 3.63) is 44.0 Å². The van der Waals surface area contributed by atoms with Gasteiger partial charge in [-0.3, -0.25) is 4.79 Å². The van der Waals surface area contributed by atoms with Gasteiger partial charge in [0, 0.05) is 26.1 Å². The van der Waals surface area contributed by atoms with Gasteiger partial charge >= 0.3 is 0 Å². The second kappa shape index (κ2) is 10.1. The topological polar surface area (TPSA) is 69.9 Å². The van der Waals surface area contributed by atoms with Gasteiger partial charge in [0.2, 0.25) is 5.51 Å². The highest BCUT2D eigenvalue weighted by Gasteiger charge is 2.16. The SMILES string of the molecule is Cc1ncc(C[n+]2csc(CCO)c2C)c(=O)[nH]1.Cl.[Cl-].[Cl-]. The highest BCUT2D eigenvalue weighted by atomic mass is 35.5. The van der Waals surface area contributed by atoms with E-state index >= 15 is 0 Å². The normalized spacial score (nSPS) is 9.29. The molecule has 0 fully saturated rings. The molecule has 0 spiro atoms. The van der Waals surface area contributed by atoms with Crippen LogP contribution in [-0.4, -0.2) is 21.7 Å². The quantitative estimate of drug-likeness (QED) is 0.526. The predicted octanol–water partition coefficient (Wildman–Crippen LogP) is -5.25. The molecule has 0 aliphatic heterocycles. The van der Waals surface area contributed by atoms with Crippen LogP contribution < -0.4 is 34.9 Å². The van der Waals surface area contributed by atoms with Crippen molar-refractivity contribution in [3.63, 3.8) is 0 Å².